The summed E-state index contributed by atoms with van der Waals surface area (Å²) < 4.78 is 2.18. The molecule has 4 rings (SSSR count). The number of hydrogen-bond donors (Lipinski definition) is 6. The van der Waals surface area contributed by atoms with E-state index < -0.39 is 81.6 Å². The number of hydrogen-bond acceptors (Lipinski definition) is 9. The van der Waals surface area contributed by atoms with Crippen molar-refractivity contribution in [2.75, 3.05) is 26.4 Å². The molecule has 6 N–H and O–H groups in total. The SMILES string of the molecule is O=C(O)C1C(C(=O)O)C2(Cl)C(Cl)=C(Cl)C1(Cl)C2(Cl)Cl.O=C1OC(=O)c2ccccc21.OCC(CO)(CO)CO. The number of ether oxygens (including phenoxy) is 1. The molecule has 4 unspecified atom stereocenters. The molecule has 1 saturated carbocycles. The summed E-state index contributed by atoms with van der Waals surface area (Å²) in [7, 11) is 0. The number of aliphatic carboxylic acids is 2. The number of benzene rings is 1. The molecule has 0 aromatic heterocycles. The first-order chi connectivity index (χ1) is 18.0. The van der Waals surface area contributed by atoms with Gasteiger partial charge in [0.05, 0.1) is 64.9 Å². The lowest BCUT2D eigenvalue weighted by Crippen LogP contribution is -2.45. The predicted molar refractivity (Wildman–Crippen MR) is 140 cm³/mol. The standard InChI is InChI=1S/C9H4Cl6O4.C8H4O3.C5H12O4/c10-3-4(11)8(13)2(6(18)19)1(5(16)17)7(3,12)9(8,14)15;9-7-5-3-1-2-4-6(5)8(10)11-7;6-1-5(2-7,3-8)4-9/h1-2H,(H,16,17)(H,18,19);1-4H;6-9H,1-4H2. The fourth-order valence-corrected chi connectivity index (χ4v) is 6.87. The Labute approximate surface area is 250 Å². The van der Waals surface area contributed by atoms with E-state index in [1.165, 1.54) is 0 Å². The van der Waals surface area contributed by atoms with Crippen molar-refractivity contribution in [3.8, 4) is 0 Å². The zero-order valence-corrected chi connectivity index (χ0v) is 23.8. The second kappa shape index (κ2) is 12.2. The number of aliphatic hydroxyl groups excluding tert-OH is 4. The molecule has 3 aliphatic rings. The third-order valence-electron chi connectivity index (χ3n) is 6.36. The summed E-state index contributed by atoms with van der Waals surface area (Å²) in [5.74, 6) is -7.59. The van der Waals surface area contributed by atoms with Crippen LogP contribution in [0.4, 0.5) is 0 Å². The van der Waals surface area contributed by atoms with Crippen LogP contribution in [0.5, 0.6) is 0 Å². The van der Waals surface area contributed by atoms with E-state index in [9.17, 15) is 29.4 Å². The first-order valence-electron chi connectivity index (χ1n) is 10.6. The highest BCUT2D eigenvalue weighted by atomic mass is 35.5. The smallest absolute Gasteiger partial charge is 0.346 e. The number of carbonyl (C=O) groups is 4. The molecule has 1 heterocycles. The van der Waals surface area contributed by atoms with Crippen LogP contribution in [0.25, 0.3) is 0 Å². The van der Waals surface area contributed by atoms with E-state index in [1.54, 1.807) is 24.3 Å². The number of allylic oxidation sites excluding steroid dienone is 2. The lowest BCUT2D eigenvalue weighted by molar-refractivity contribution is -0.153. The summed E-state index contributed by atoms with van der Waals surface area (Å²) in [5.41, 5.74) is -0.394. The predicted octanol–water partition coefficient (Wildman–Crippen LogP) is 2.17. The number of halogens is 6. The first-order valence-corrected chi connectivity index (χ1v) is 12.8. The van der Waals surface area contributed by atoms with Gasteiger partial charge in [-0.3, -0.25) is 9.59 Å². The summed E-state index contributed by atoms with van der Waals surface area (Å²) in [6.07, 6.45) is 0. The number of fused-ring (bicyclic) bond motifs is 3. The minimum absolute atomic E-state index is 0.347. The molecule has 39 heavy (non-hydrogen) atoms. The normalized spacial score (nSPS) is 28.2. The van der Waals surface area contributed by atoms with Crippen molar-refractivity contribution in [1.29, 1.82) is 0 Å². The molecule has 1 fully saturated rings. The zero-order chi connectivity index (χ0) is 30.1. The molecule has 11 nitrogen and oxygen atoms in total. The molecule has 216 valence electrons. The number of carbonyl (C=O) groups excluding carboxylic acids is 2. The lowest BCUT2D eigenvalue weighted by atomic mass is 9.82. The van der Waals surface area contributed by atoms with Crippen molar-refractivity contribution in [2.24, 2.45) is 17.3 Å². The number of cyclic esters (lactones) is 2. The highest BCUT2D eigenvalue weighted by molar-refractivity contribution is 6.66. The number of carboxylic acid groups (broad SMARTS) is 2. The van der Waals surface area contributed by atoms with Crippen LogP contribution in [-0.4, -0.2) is 95.0 Å². The molecule has 0 spiro atoms. The van der Waals surface area contributed by atoms with Gasteiger partial charge in [0, 0.05) is 0 Å². The topological polar surface area (TPSA) is 199 Å². The summed E-state index contributed by atoms with van der Waals surface area (Å²) >= 11 is 36.2. The van der Waals surface area contributed by atoms with E-state index in [0.29, 0.717) is 11.1 Å². The van der Waals surface area contributed by atoms with Gasteiger partial charge in [-0.05, 0) is 12.1 Å². The minimum Gasteiger partial charge on any atom is -0.481 e. The first kappa shape index (κ1) is 33.8. The Hall–Kier alpha value is -1.38. The third-order valence-corrected chi connectivity index (χ3v) is 10.6. The van der Waals surface area contributed by atoms with Crippen molar-refractivity contribution in [2.45, 2.75) is 14.1 Å². The van der Waals surface area contributed by atoms with Gasteiger partial charge < -0.3 is 35.4 Å². The number of carboxylic acids is 2. The Bertz CT molecular complexity index is 1110. The number of alkyl halides is 4. The number of aliphatic hydroxyl groups is 4. The molecular formula is C22H20Cl6O11. The molecule has 1 aromatic carbocycles. The van der Waals surface area contributed by atoms with Crippen LogP contribution in [0, 0.1) is 17.3 Å². The van der Waals surface area contributed by atoms with Gasteiger partial charge in [-0.1, -0.05) is 58.5 Å². The quantitative estimate of drug-likeness (QED) is 0.147. The van der Waals surface area contributed by atoms with Crippen LogP contribution in [0.15, 0.2) is 34.3 Å². The summed E-state index contributed by atoms with van der Waals surface area (Å²) in [6, 6.07) is 6.53. The van der Waals surface area contributed by atoms with Gasteiger partial charge in [0.15, 0.2) is 4.33 Å². The van der Waals surface area contributed by atoms with Crippen molar-refractivity contribution < 1.29 is 54.6 Å². The van der Waals surface area contributed by atoms with Crippen LogP contribution in [0.2, 0.25) is 0 Å². The summed E-state index contributed by atoms with van der Waals surface area (Å²) in [6.45, 7) is -1.62. The lowest BCUT2D eigenvalue weighted by Gasteiger charge is -2.31. The fraction of sp³-hybridized carbons (Fsp3) is 0.455. The summed E-state index contributed by atoms with van der Waals surface area (Å²) in [5, 5.41) is 51.7. The second-order valence-corrected chi connectivity index (χ2v) is 11.9. The van der Waals surface area contributed by atoms with Crippen LogP contribution in [0.1, 0.15) is 20.7 Å². The molecule has 1 aliphatic heterocycles. The zero-order valence-electron chi connectivity index (χ0n) is 19.3. The maximum Gasteiger partial charge on any atom is 0.346 e. The van der Waals surface area contributed by atoms with E-state index in [-0.39, 0.29) is 10.1 Å². The maximum absolute atomic E-state index is 11.3. The van der Waals surface area contributed by atoms with Gasteiger partial charge in [0.1, 0.15) is 9.75 Å². The van der Waals surface area contributed by atoms with Crippen LogP contribution < -0.4 is 0 Å². The molecule has 0 amide bonds. The molecule has 2 bridgehead atoms. The number of rotatable bonds is 6. The van der Waals surface area contributed by atoms with Crippen molar-refractivity contribution in [3.05, 3.63) is 45.5 Å². The Balaban J connectivity index is 0.000000226. The molecule has 2 aliphatic carbocycles. The van der Waals surface area contributed by atoms with Crippen LogP contribution in [-0.2, 0) is 14.3 Å². The highest BCUT2D eigenvalue weighted by Gasteiger charge is 2.85. The Morgan fingerprint density at radius 3 is 1.28 bits per heavy atom. The average molecular weight is 673 g/mol. The molecular weight excluding hydrogens is 653 g/mol. The van der Waals surface area contributed by atoms with Gasteiger partial charge in [0.2, 0.25) is 0 Å². The molecule has 17 heteroatoms. The van der Waals surface area contributed by atoms with Gasteiger partial charge in [-0.2, -0.15) is 0 Å². The average Bonchev–Trinajstić information content (AvgIpc) is 3.30. The highest BCUT2D eigenvalue weighted by Crippen LogP contribution is 2.76. The van der Waals surface area contributed by atoms with Crippen LogP contribution >= 0.6 is 69.6 Å². The summed E-state index contributed by atoms with van der Waals surface area (Å²) in [4.78, 5) is 40.1. The van der Waals surface area contributed by atoms with Gasteiger partial charge >= 0.3 is 23.9 Å². The van der Waals surface area contributed by atoms with Crippen molar-refractivity contribution >= 4 is 93.5 Å². The van der Waals surface area contributed by atoms with E-state index in [0.717, 1.165) is 0 Å². The van der Waals surface area contributed by atoms with Gasteiger partial charge in [-0.25, -0.2) is 9.59 Å². The van der Waals surface area contributed by atoms with E-state index in [2.05, 4.69) is 4.74 Å². The largest absolute Gasteiger partial charge is 0.481 e. The molecule has 0 radical (unpaired) electrons. The van der Waals surface area contributed by atoms with Crippen molar-refractivity contribution in [3.63, 3.8) is 0 Å². The molecule has 0 saturated heterocycles. The van der Waals surface area contributed by atoms with E-state index in [1.807, 2.05) is 0 Å². The van der Waals surface area contributed by atoms with E-state index in [4.69, 9.17) is 90.0 Å². The molecule has 1 aromatic rings. The number of esters is 2. The van der Waals surface area contributed by atoms with Gasteiger partial charge in [0.25, 0.3) is 0 Å². The van der Waals surface area contributed by atoms with Crippen molar-refractivity contribution in [1.82, 2.24) is 0 Å². The molecule has 4 atom stereocenters. The van der Waals surface area contributed by atoms with E-state index >= 15 is 0 Å². The monoisotopic (exact) mass is 670 g/mol. The van der Waals surface area contributed by atoms with Crippen LogP contribution in [0.3, 0.4) is 0 Å². The third kappa shape index (κ3) is 5.23. The Morgan fingerprint density at radius 1 is 0.744 bits per heavy atom. The second-order valence-electron chi connectivity index (χ2n) is 8.61. The minimum atomic E-state index is -2.18. The fourth-order valence-electron chi connectivity index (χ4n) is 3.94. The Kier molecular flexibility index (Phi) is 10.6. The van der Waals surface area contributed by atoms with Gasteiger partial charge in [-0.15, -0.1) is 23.2 Å². The Morgan fingerprint density at radius 2 is 1.05 bits per heavy atom. The maximum atomic E-state index is 11.3.